The summed E-state index contributed by atoms with van der Waals surface area (Å²) in [5.74, 6) is -0.00902. The van der Waals surface area contributed by atoms with Gasteiger partial charge >= 0.3 is 6.03 Å². The fourth-order valence-electron chi connectivity index (χ4n) is 3.69. The van der Waals surface area contributed by atoms with Crippen LogP contribution in [0.15, 0.2) is 29.8 Å². The lowest BCUT2D eigenvalue weighted by Gasteiger charge is -2.37. The molecule has 0 unspecified atom stereocenters. The molecule has 0 radical (unpaired) electrons. The van der Waals surface area contributed by atoms with Crippen molar-refractivity contribution in [2.24, 2.45) is 5.92 Å². The molecule has 2 saturated heterocycles. The second kappa shape index (κ2) is 8.33. The first kappa shape index (κ1) is 18.4. The molecular formula is C20H24FN3O2. The summed E-state index contributed by atoms with van der Waals surface area (Å²) in [7, 11) is 0. The third kappa shape index (κ3) is 4.05. The van der Waals surface area contributed by atoms with E-state index in [4.69, 9.17) is 0 Å². The van der Waals surface area contributed by atoms with Gasteiger partial charge in [-0.25, -0.2) is 9.18 Å². The monoisotopic (exact) mass is 357 g/mol. The number of aliphatic hydroxyl groups excluding tert-OH is 1. The van der Waals surface area contributed by atoms with Gasteiger partial charge in [0.1, 0.15) is 5.82 Å². The number of nitriles is 1. The number of halogens is 1. The number of carbonyl (C=O) groups is 1. The first-order valence-corrected chi connectivity index (χ1v) is 9.15. The molecule has 0 aromatic heterocycles. The molecule has 0 bridgehead atoms. The van der Waals surface area contributed by atoms with Gasteiger partial charge < -0.3 is 14.9 Å². The zero-order valence-corrected chi connectivity index (χ0v) is 14.8. The van der Waals surface area contributed by atoms with Gasteiger partial charge in [0, 0.05) is 32.8 Å². The number of likely N-dealkylation sites (tertiary alicyclic amines) is 2. The number of benzene rings is 1. The normalized spacial score (nSPS) is 18.6. The van der Waals surface area contributed by atoms with Crippen molar-refractivity contribution < 1.29 is 14.3 Å². The van der Waals surface area contributed by atoms with Crippen LogP contribution in [0, 0.1) is 23.1 Å². The molecule has 2 aliphatic rings. The number of piperidine rings is 2. The van der Waals surface area contributed by atoms with E-state index in [0.717, 1.165) is 24.0 Å². The summed E-state index contributed by atoms with van der Waals surface area (Å²) in [5.41, 5.74) is 2.36. The van der Waals surface area contributed by atoms with E-state index in [2.05, 4.69) is 6.07 Å². The predicted octanol–water partition coefficient (Wildman–Crippen LogP) is 3.02. The van der Waals surface area contributed by atoms with E-state index < -0.39 is 0 Å². The molecule has 2 heterocycles. The highest BCUT2D eigenvalue weighted by molar-refractivity contribution is 5.80. The van der Waals surface area contributed by atoms with Gasteiger partial charge in [-0.2, -0.15) is 5.26 Å². The summed E-state index contributed by atoms with van der Waals surface area (Å²) >= 11 is 0. The molecule has 2 amide bonds. The van der Waals surface area contributed by atoms with E-state index in [1.807, 2.05) is 9.80 Å². The lowest BCUT2D eigenvalue weighted by Crippen LogP contribution is -2.48. The van der Waals surface area contributed by atoms with Crippen molar-refractivity contribution >= 4 is 11.6 Å². The van der Waals surface area contributed by atoms with Crippen LogP contribution in [0.1, 0.15) is 31.2 Å². The average Bonchev–Trinajstić information content (AvgIpc) is 2.70. The zero-order valence-electron chi connectivity index (χ0n) is 14.8. The van der Waals surface area contributed by atoms with Crippen molar-refractivity contribution in [3.8, 4) is 6.07 Å². The first-order valence-electron chi connectivity index (χ1n) is 9.15. The minimum absolute atomic E-state index is 0.0562. The maximum atomic E-state index is 13.1. The van der Waals surface area contributed by atoms with E-state index >= 15 is 0 Å². The van der Waals surface area contributed by atoms with Crippen molar-refractivity contribution in [2.45, 2.75) is 25.7 Å². The van der Waals surface area contributed by atoms with Gasteiger partial charge in [0.05, 0.1) is 11.6 Å². The van der Waals surface area contributed by atoms with Crippen molar-refractivity contribution in [1.82, 2.24) is 9.80 Å². The smallest absolute Gasteiger partial charge is 0.320 e. The quantitative estimate of drug-likeness (QED) is 0.828. The summed E-state index contributed by atoms with van der Waals surface area (Å²) in [5, 5.41) is 18.7. The van der Waals surface area contributed by atoms with Crippen LogP contribution in [0.25, 0.3) is 5.57 Å². The summed E-state index contributed by atoms with van der Waals surface area (Å²) in [6, 6.07) is 8.29. The molecule has 1 N–H and O–H groups in total. The van der Waals surface area contributed by atoms with Crippen molar-refractivity contribution in [1.29, 1.82) is 5.26 Å². The Morgan fingerprint density at radius 1 is 1.12 bits per heavy atom. The van der Waals surface area contributed by atoms with Gasteiger partial charge in [0.25, 0.3) is 0 Å². The molecular weight excluding hydrogens is 333 g/mol. The Kier molecular flexibility index (Phi) is 5.89. The molecule has 2 aliphatic heterocycles. The zero-order chi connectivity index (χ0) is 18.5. The highest BCUT2D eigenvalue weighted by Crippen LogP contribution is 2.27. The number of urea groups is 1. The van der Waals surface area contributed by atoms with Crippen LogP contribution in [-0.4, -0.2) is 53.7 Å². The fourth-order valence-corrected chi connectivity index (χ4v) is 3.69. The van der Waals surface area contributed by atoms with Crippen molar-refractivity contribution in [2.75, 3.05) is 32.8 Å². The number of aliphatic hydroxyl groups is 1. The van der Waals surface area contributed by atoms with Crippen LogP contribution >= 0.6 is 0 Å². The summed E-state index contributed by atoms with van der Waals surface area (Å²) in [6.07, 6.45) is 3.03. The molecule has 138 valence electrons. The van der Waals surface area contributed by atoms with E-state index in [1.54, 1.807) is 12.1 Å². The number of allylic oxidation sites excluding steroid dienone is 1. The molecule has 1 aromatic carbocycles. The number of hydrogen-bond donors (Lipinski definition) is 1. The van der Waals surface area contributed by atoms with Crippen molar-refractivity contribution in [3.63, 3.8) is 0 Å². The van der Waals surface area contributed by atoms with Crippen LogP contribution in [0.3, 0.4) is 0 Å². The average molecular weight is 357 g/mol. The molecule has 0 saturated carbocycles. The van der Waals surface area contributed by atoms with E-state index in [-0.39, 0.29) is 18.5 Å². The van der Waals surface area contributed by atoms with Crippen LogP contribution in [-0.2, 0) is 0 Å². The van der Waals surface area contributed by atoms with Crippen LogP contribution in [0.2, 0.25) is 0 Å². The minimum atomic E-state index is -0.318. The second-order valence-electron chi connectivity index (χ2n) is 6.98. The van der Waals surface area contributed by atoms with Crippen LogP contribution < -0.4 is 0 Å². The molecule has 26 heavy (non-hydrogen) atoms. The number of carbonyl (C=O) groups excluding carboxylic acids is 1. The third-order valence-electron chi connectivity index (χ3n) is 5.38. The Bertz CT molecular complexity index is 706. The summed E-state index contributed by atoms with van der Waals surface area (Å²) in [6.45, 7) is 2.78. The largest absolute Gasteiger partial charge is 0.396 e. The van der Waals surface area contributed by atoms with Gasteiger partial charge in [-0.05, 0) is 54.9 Å². The Labute approximate surface area is 153 Å². The molecule has 0 aliphatic carbocycles. The summed E-state index contributed by atoms with van der Waals surface area (Å²) in [4.78, 5) is 16.4. The molecule has 2 fully saturated rings. The second-order valence-corrected chi connectivity index (χ2v) is 6.98. The van der Waals surface area contributed by atoms with E-state index in [1.165, 1.54) is 12.1 Å². The van der Waals surface area contributed by atoms with Gasteiger partial charge in [0.2, 0.25) is 0 Å². The Hall–Kier alpha value is -2.39. The van der Waals surface area contributed by atoms with Crippen molar-refractivity contribution in [3.05, 3.63) is 41.2 Å². The molecule has 0 spiro atoms. The lowest BCUT2D eigenvalue weighted by atomic mass is 9.94. The molecule has 3 rings (SSSR count). The van der Waals surface area contributed by atoms with Gasteiger partial charge in [-0.1, -0.05) is 12.1 Å². The Morgan fingerprint density at radius 2 is 1.69 bits per heavy atom. The van der Waals surface area contributed by atoms with Crippen LogP contribution in [0.5, 0.6) is 0 Å². The lowest BCUT2D eigenvalue weighted by molar-refractivity contribution is 0.112. The number of amides is 2. The Morgan fingerprint density at radius 3 is 2.23 bits per heavy atom. The maximum Gasteiger partial charge on any atom is 0.320 e. The standard InChI is InChI=1S/C20H24FN3O2/c21-18-3-1-16(2-4-18)19(13-22)17-7-11-24(12-8-17)20(26)23-9-5-15(14-25)6-10-23/h1-4,15,25H,5-12,14H2. The molecule has 5 nitrogen and oxygen atoms in total. The van der Waals surface area contributed by atoms with Gasteiger partial charge in [0.15, 0.2) is 0 Å². The highest BCUT2D eigenvalue weighted by Gasteiger charge is 2.28. The first-order chi connectivity index (χ1) is 12.6. The van der Waals surface area contributed by atoms with E-state index in [0.29, 0.717) is 50.5 Å². The summed E-state index contributed by atoms with van der Waals surface area (Å²) < 4.78 is 13.1. The molecule has 6 heteroatoms. The topological polar surface area (TPSA) is 67.6 Å². The maximum absolute atomic E-state index is 13.1. The molecule has 0 atom stereocenters. The number of hydrogen-bond acceptors (Lipinski definition) is 3. The predicted molar refractivity (Wildman–Crippen MR) is 96.5 cm³/mol. The van der Waals surface area contributed by atoms with Gasteiger partial charge in [-0.3, -0.25) is 0 Å². The highest BCUT2D eigenvalue weighted by atomic mass is 19.1. The van der Waals surface area contributed by atoms with Gasteiger partial charge in [-0.15, -0.1) is 0 Å². The van der Waals surface area contributed by atoms with Crippen LogP contribution in [0.4, 0.5) is 9.18 Å². The SMILES string of the molecule is N#CC(=C1CCN(C(=O)N2CCC(CO)CC2)CC1)c1ccc(F)cc1. The number of nitrogens with zero attached hydrogens (tertiary/aromatic N) is 3. The minimum Gasteiger partial charge on any atom is -0.396 e. The molecule has 1 aromatic rings. The number of rotatable bonds is 2. The Balaban J connectivity index is 1.62. The fraction of sp³-hybridized carbons (Fsp3) is 0.500. The van der Waals surface area contributed by atoms with E-state index in [9.17, 15) is 19.6 Å². The third-order valence-corrected chi connectivity index (χ3v) is 5.38.